The lowest BCUT2D eigenvalue weighted by Crippen LogP contribution is -2.27. The third kappa shape index (κ3) is 2.94. The molecule has 1 aliphatic carbocycles. The second kappa shape index (κ2) is 5.81. The largest absolute Gasteiger partial charge is 0.362 e. The van der Waals surface area contributed by atoms with Crippen LogP contribution in [0.5, 0.6) is 0 Å². The number of hydrogen-bond donors (Lipinski definition) is 1. The Morgan fingerprint density at radius 2 is 2.15 bits per heavy atom. The zero-order valence-corrected chi connectivity index (χ0v) is 12.7. The molecule has 0 aliphatic heterocycles. The summed E-state index contributed by atoms with van der Waals surface area (Å²) in [6.45, 7) is 6.11. The van der Waals surface area contributed by atoms with Crippen molar-refractivity contribution in [1.82, 2.24) is 9.78 Å². The maximum Gasteiger partial charge on any atom is 0.334 e. The van der Waals surface area contributed by atoms with Crippen molar-refractivity contribution in [3.63, 3.8) is 0 Å². The number of aryl methyl sites for hydroxylation is 1. The first-order valence-electron chi connectivity index (χ1n) is 7.38. The van der Waals surface area contributed by atoms with Crippen LogP contribution < -0.4 is 5.32 Å². The van der Waals surface area contributed by atoms with Crippen LogP contribution in [0, 0.1) is 16.0 Å². The summed E-state index contributed by atoms with van der Waals surface area (Å²) in [6.07, 6.45) is 4.58. The lowest BCUT2D eigenvalue weighted by Gasteiger charge is -2.27. The van der Waals surface area contributed by atoms with Gasteiger partial charge >= 0.3 is 5.69 Å². The van der Waals surface area contributed by atoms with Crippen molar-refractivity contribution < 1.29 is 4.92 Å². The maximum absolute atomic E-state index is 11.4. The van der Waals surface area contributed by atoms with E-state index in [-0.39, 0.29) is 16.5 Å². The second-order valence-electron chi connectivity index (χ2n) is 6.23. The van der Waals surface area contributed by atoms with Gasteiger partial charge in [0, 0.05) is 19.0 Å². The number of aromatic nitrogens is 2. The van der Waals surface area contributed by atoms with Gasteiger partial charge in [-0.2, -0.15) is 5.10 Å². The van der Waals surface area contributed by atoms with Crippen LogP contribution in [-0.2, 0) is 7.05 Å². The standard InChI is InChI=1S/C14H24N4O2/c1-9(2)12-13(18(19)20)14(17(4)16-12)15-11-7-5-6-10(3)8-11/h9-11,15H,5-8H2,1-4H3. The van der Waals surface area contributed by atoms with Gasteiger partial charge in [0.2, 0.25) is 5.82 Å². The van der Waals surface area contributed by atoms with Crippen LogP contribution in [0.1, 0.15) is 58.1 Å². The molecule has 1 saturated carbocycles. The van der Waals surface area contributed by atoms with Crippen molar-refractivity contribution in [1.29, 1.82) is 0 Å². The van der Waals surface area contributed by atoms with Crippen LogP contribution in [0.15, 0.2) is 0 Å². The Balaban J connectivity index is 2.28. The van der Waals surface area contributed by atoms with Gasteiger partial charge in [-0.3, -0.25) is 10.1 Å². The smallest absolute Gasteiger partial charge is 0.334 e. The van der Waals surface area contributed by atoms with Crippen molar-refractivity contribution in [2.45, 2.75) is 58.4 Å². The molecule has 0 aromatic carbocycles. The molecule has 1 aliphatic rings. The van der Waals surface area contributed by atoms with Gasteiger partial charge in [-0.15, -0.1) is 0 Å². The number of nitro groups is 1. The molecule has 0 spiro atoms. The van der Waals surface area contributed by atoms with Gasteiger partial charge in [0.05, 0.1) is 4.92 Å². The van der Waals surface area contributed by atoms with E-state index in [1.807, 2.05) is 13.8 Å². The van der Waals surface area contributed by atoms with Crippen LogP contribution >= 0.6 is 0 Å². The fourth-order valence-electron chi connectivity index (χ4n) is 3.02. The van der Waals surface area contributed by atoms with E-state index in [9.17, 15) is 10.1 Å². The number of nitrogens with one attached hydrogen (secondary N) is 1. The molecule has 2 unspecified atom stereocenters. The van der Waals surface area contributed by atoms with E-state index in [2.05, 4.69) is 17.3 Å². The molecule has 20 heavy (non-hydrogen) atoms. The molecule has 0 amide bonds. The van der Waals surface area contributed by atoms with E-state index in [1.165, 1.54) is 12.8 Å². The van der Waals surface area contributed by atoms with E-state index < -0.39 is 0 Å². The first kappa shape index (κ1) is 14.8. The summed E-state index contributed by atoms with van der Waals surface area (Å²) in [4.78, 5) is 11.1. The normalized spacial score (nSPS) is 23.1. The van der Waals surface area contributed by atoms with Gasteiger partial charge in [-0.25, -0.2) is 4.68 Å². The molecule has 0 saturated heterocycles. The molecule has 112 valence electrons. The fraction of sp³-hybridized carbons (Fsp3) is 0.786. The number of rotatable bonds is 4. The molecule has 6 nitrogen and oxygen atoms in total. The molecule has 0 radical (unpaired) electrons. The number of hydrogen-bond acceptors (Lipinski definition) is 4. The van der Waals surface area contributed by atoms with Gasteiger partial charge < -0.3 is 5.32 Å². The van der Waals surface area contributed by atoms with Crippen LogP contribution in [0.25, 0.3) is 0 Å². The summed E-state index contributed by atoms with van der Waals surface area (Å²) < 4.78 is 1.62. The molecule has 1 N–H and O–H groups in total. The lowest BCUT2D eigenvalue weighted by atomic mass is 9.87. The quantitative estimate of drug-likeness (QED) is 0.677. The fourth-order valence-corrected chi connectivity index (χ4v) is 3.02. The van der Waals surface area contributed by atoms with Crippen molar-refractivity contribution in [2.75, 3.05) is 5.32 Å². The predicted octanol–water partition coefficient (Wildman–Crippen LogP) is 3.44. The molecule has 1 fully saturated rings. The van der Waals surface area contributed by atoms with Gasteiger partial charge in [0.1, 0.15) is 5.69 Å². The minimum absolute atomic E-state index is 0.0439. The number of nitrogens with zero attached hydrogens (tertiary/aromatic N) is 3. The third-order valence-corrected chi connectivity index (χ3v) is 4.05. The zero-order valence-electron chi connectivity index (χ0n) is 12.7. The second-order valence-corrected chi connectivity index (χ2v) is 6.23. The molecule has 0 bridgehead atoms. The molecule has 1 aromatic rings. The van der Waals surface area contributed by atoms with Crippen LogP contribution in [0.4, 0.5) is 11.5 Å². The van der Waals surface area contributed by atoms with Crippen molar-refractivity contribution >= 4 is 11.5 Å². The van der Waals surface area contributed by atoms with Gasteiger partial charge in [-0.05, 0) is 18.8 Å². The lowest BCUT2D eigenvalue weighted by molar-refractivity contribution is -0.384. The Labute approximate surface area is 119 Å². The summed E-state index contributed by atoms with van der Waals surface area (Å²) in [5.41, 5.74) is 0.699. The molecular formula is C14H24N4O2. The molecule has 1 heterocycles. The molecular weight excluding hydrogens is 256 g/mol. The van der Waals surface area contributed by atoms with E-state index in [0.29, 0.717) is 23.5 Å². The highest BCUT2D eigenvalue weighted by molar-refractivity contribution is 5.61. The van der Waals surface area contributed by atoms with E-state index in [0.717, 1.165) is 12.8 Å². The average Bonchev–Trinajstić information content (AvgIpc) is 2.67. The maximum atomic E-state index is 11.4. The minimum Gasteiger partial charge on any atom is -0.362 e. The Morgan fingerprint density at radius 3 is 2.70 bits per heavy atom. The van der Waals surface area contributed by atoms with Crippen molar-refractivity contribution in [2.24, 2.45) is 13.0 Å². The van der Waals surface area contributed by atoms with E-state index >= 15 is 0 Å². The Hall–Kier alpha value is -1.59. The first-order valence-corrected chi connectivity index (χ1v) is 7.38. The third-order valence-electron chi connectivity index (χ3n) is 4.05. The van der Waals surface area contributed by atoms with Crippen LogP contribution in [0.3, 0.4) is 0 Å². The SMILES string of the molecule is CC1CCCC(Nc2c([N+](=O)[O-])c(C(C)C)nn2C)C1. The summed E-state index contributed by atoms with van der Waals surface area (Å²) in [6, 6.07) is 0.313. The average molecular weight is 280 g/mol. The Bertz CT molecular complexity index is 496. The van der Waals surface area contributed by atoms with Crippen molar-refractivity contribution in [3.05, 3.63) is 15.8 Å². The summed E-state index contributed by atoms with van der Waals surface area (Å²) in [5.74, 6) is 1.28. The summed E-state index contributed by atoms with van der Waals surface area (Å²) in [7, 11) is 1.77. The monoisotopic (exact) mass is 280 g/mol. The van der Waals surface area contributed by atoms with Gasteiger partial charge in [0.25, 0.3) is 0 Å². The van der Waals surface area contributed by atoms with E-state index in [4.69, 9.17) is 0 Å². The molecule has 1 aromatic heterocycles. The zero-order chi connectivity index (χ0) is 14.9. The molecule has 6 heteroatoms. The van der Waals surface area contributed by atoms with Gasteiger partial charge in [0.15, 0.2) is 0 Å². The minimum atomic E-state index is -0.309. The van der Waals surface area contributed by atoms with Crippen LogP contribution in [-0.4, -0.2) is 20.7 Å². The highest BCUT2D eigenvalue weighted by Gasteiger charge is 2.30. The van der Waals surface area contributed by atoms with Crippen molar-refractivity contribution in [3.8, 4) is 0 Å². The van der Waals surface area contributed by atoms with Crippen LogP contribution in [0.2, 0.25) is 0 Å². The summed E-state index contributed by atoms with van der Waals surface area (Å²) >= 11 is 0. The Morgan fingerprint density at radius 1 is 1.45 bits per heavy atom. The highest BCUT2D eigenvalue weighted by atomic mass is 16.6. The van der Waals surface area contributed by atoms with E-state index in [1.54, 1.807) is 11.7 Å². The molecule has 2 rings (SSSR count). The predicted molar refractivity (Wildman–Crippen MR) is 79.0 cm³/mol. The first-order chi connectivity index (χ1) is 9.40. The topological polar surface area (TPSA) is 73.0 Å². The summed E-state index contributed by atoms with van der Waals surface area (Å²) in [5, 5.41) is 19.1. The Kier molecular flexibility index (Phi) is 4.30. The highest BCUT2D eigenvalue weighted by Crippen LogP contribution is 2.35. The number of anilines is 1. The van der Waals surface area contributed by atoms with Gasteiger partial charge in [-0.1, -0.05) is 33.6 Å². The molecule has 2 atom stereocenters.